The van der Waals surface area contributed by atoms with Gasteiger partial charge < -0.3 is 5.73 Å². The first-order valence-electron chi connectivity index (χ1n) is 7.09. The Kier molecular flexibility index (Phi) is 3.54. The number of hydrogen-bond donors (Lipinski definition) is 1. The molecule has 1 aliphatic heterocycles. The van der Waals surface area contributed by atoms with Gasteiger partial charge in [-0.1, -0.05) is 0 Å². The Bertz CT molecular complexity index is 671. The molecule has 20 heavy (non-hydrogen) atoms. The van der Waals surface area contributed by atoms with E-state index in [9.17, 15) is 4.79 Å². The Morgan fingerprint density at radius 1 is 1.35 bits per heavy atom. The molecule has 2 aromatic rings. The molecule has 0 aliphatic carbocycles. The summed E-state index contributed by atoms with van der Waals surface area (Å²) in [5, 5.41) is 0. The van der Waals surface area contributed by atoms with Gasteiger partial charge >= 0.3 is 0 Å². The second kappa shape index (κ2) is 5.34. The van der Waals surface area contributed by atoms with Crippen LogP contribution >= 0.6 is 0 Å². The molecule has 0 radical (unpaired) electrons. The number of nitrogens with zero attached hydrogens (tertiary/aromatic N) is 3. The van der Waals surface area contributed by atoms with Crippen molar-refractivity contribution in [1.82, 2.24) is 14.3 Å². The summed E-state index contributed by atoms with van der Waals surface area (Å²) in [6, 6.07) is 5.82. The number of fused-ring (bicyclic) bond motifs is 1. The van der Waals surface area contributed by atoms with Crippen molar-refractivity contribution < 1.29 is 0 Å². The summed E-state index contributed by atoms with van der Waals surface area (Å²) in [4.78, 5) is 19.0. The molecule has 106 valence electrons. The van der Waals surface area contributed by atoms with E-state index in [0.29, 0.717) is 6.04 Å². The molecule has 1 aliphatic rings. The first-order valence-corrected chi connectivity index (χ1v) is 7.09. The highest BCUT2D eigenvalue weighted by atomic mass is 16.1. The summed E-state index contributed by atoms with van der Waals surface area (Å²) in [5.41, 5.74) is 8.57. The third-order valence-corrected chi connectivity index (χ3v) is 3.89. The van der Waals surface area contributed by atoms with Crippen LogP contribution in [0.4, 0.5) is 0 Å². The van der Waals surface area contributed by atoms with Gasteiger partial charge in [-0.2, -0.15) is 0 Å². The molecule has 0 spiro atoms. The molecule has 1 fully saturated rings. The minimum atomic E-state index is -0.0151. The number of rotatable bonds is 2. The van der Waals surface area contributed by atoms with Crippen LogP contribution in [0.15, 0.2) is 29.2 Å². The Balaban J connectivity index is 1.87. The molecule has 0 aromatic carbocycles. The monoisotopic (exact) mass is 272 g/mol. The van der Waals surface area contributed by atoms with E-state index in [1.54, 1.807) is 16.7 Å². The molecule has 0 unspecified atom stereocenters. The van der Waals surface area contributed by atoms with Crippen molar-refractivity contribution in [2.45, 2.75) is 32.4 Å². The maximum Gasteiger partial charge on any atom is 0.258 e. The fourth-order valence-corrected chi connectivity index (χ4v) is 2.67. The molecule has 2 aromatic heterocycles. The molecular formula is C15H20N4O. The lowest BCUT2D eigenvalue weighted by atomic mass is 10.1. The highest BCUT2D eigenvalue weighted by Gasteiger charge is 2.16. The molecule has 5 nitrogen and oxygen atoms in total. The van der Waals surface area contributed by atoms with Crippen LogP contribution in [0.5, 0.6) is 0 Å². The number of likely N-dealkylation sites (tertiary alicyclic amines) is 1. The van der Waals surface area contributed by atoms with Gasteiger partial charge in [0, 0.05) is 37.9 Å². The van der Waals surface area contributed by atoms with Gasteiger partial charge in [0.2, 0.25) is 0 Å². The molecule has 2 N–H and O–H groups in total. The van der Waals surface area contributed by atoms with E-state index in [0.717, 1.165) is 49.4 Å². The lowest BCUT2D eigenvalue weighted by Crippen LogP contribution is -2.39. The summed E-state index contributed by atoms with van der Waals surface area (Å²) in [6.07, 6.45) is 3.82. The zero-order chi connectivity index (χ0) is 14.1. The van der Waals surface area contributed by atoms with Crippen LogP contribution in [-0.2, 0) is 6.54 Å². The SMILES string of the molecule is Cc1ccn2c(=O)cc(CN3CCC(N)CC3)nc2c1. The number of piperidine rings is 1. The van der Waals surface area contributed by atoms with Crippen molar-refractivity contribution >= 4 is 5.65 Å². The number of aryl methyl sites for hydroxylation is 1. The van der Waals surface area contributed by atoms with E-state index in [-0.39, 0.29) is 5.56 Å². The van der Waals surface area contributed by atoms with E-state index in [4.69, 9.17) is 5.73 Å². The van der Waals surface area contributed by atoms with Crippen LogP contribution in [0.1, 0.15) is 24.1 Å². The van der Waals surface area contributed by atoms with Crippen LogP contribution in [0, 0.1) is 6.92 Å². The molecule has 3 heterocycles. The van der Waals surface area contributed by atoms with Crippen molar-refractivity contribution in [2.24, 2.45) is 5.73 Å². The molecule has 0 saturated carbocycles. The summed E-state index contributed by atoms with van der Waals surface area (Å²) in [7, 11) is 0. The molecule has 1 saturated heterocycles. The lowest BCUT2D eigenvalue weighted by molar-refractivity contribution is 0.203. The van der Waals surface area contributed by atoms with Crippen molar-refractivity contribution in [3.8, 4) is 0 Å². The standard InChI is InChI=1S/C15H20N4O/c1-11-2-7-19-14(8-11)17-13(9-15(19)20)10-18-5-3-12(16)4-6-18/h2,7-9,12H,3-6,10,16H2,1H3. The fourth-order valence-electron chi connectivity index (χ4n) is 2.67. The van der Waals surface area contributed by atoms with Gasteiger partial charge in [-0.25, -0.2) is 4.98 Å². The Hall–Kier alpha value is -1.72. The van der Waals surface area contributed by atoms with E-state index < -0.39 is 0 Å². The van der Waals surface area contributed by atoms with Gasteiger partial charge in [0.25, 0.3) is 5.56 Å². The van der Waals surface area contributed by atoms with E-state index in [1.807, 2.05) is 19.1 Å². The van der Waals surface area contributed by atoms with Crippen molar-refractivity contribution in [1.29, 1.82) is 0 Å². The third kappa shape index (κ3) is 2.73. The highest BCUT2D eigenvalue weighted by molar-refractivity contribution is 5.41. The van der Waals surface area contributed by atoms with Gasteiger partial charge in [0.1, 0.15) is 5.65 Å². The molecule has 0 amide bonds. The van der Waals surface area contributed by atoms with Gasteiger partial charge in [0.05, 0.1) is 5.69 Å². The predicted molar refractivity (Wildman–Crippen MR) is 78.7 cm³/mol. The summed E-state index contributed by atoms with van der Waals surface area (Å²) in [5.74, 6) is 0. The van der Waals surface area contributed by atoms with Crippen molar-refractivity contribution in [3.63, 3.8) is 0 Å². The maximum absolute atomic E-state index is 12.1. The van der Waals surface area contributed by atoms with E-state index in [2.05, 4.69) is 9.88 Å². The van der Waals surface area contributed by atoms with Crippen LogP contribution in [0.25, 0.3) is 5.65 Å². The fraction of sp³-hybridized carbons (Fsp3) is 0.467. The Morgan fingerprint density at radius 3 is 2.85 bits per heavy atom. The smallest absolute Gasteiger partial charge is 0.258 e. The normalized spacial score (nSPS) is 17.7. The summed E-state index contributed by atoms with van der Waals surface area (Å²) >= 11 is 0. The zero-order valence-corrected chi connectivity index (χ0v) is 11.7. The zero-order valence-electron chi connectivity index (χ0n) is 11.7. The number of nitrogens with two attached hydrogens (primary N) is 1. The number of pyridine rings is 1. The largest absolute Gasteiger partial charge is 0.328 e. The Labute approximate surface area is 118 Å². The molecule has 3 rings (SSSR count). The average Bonchev–Trinajstić information content (AvgIpc) is 2.41. The quantitative estimate of drug-likeness (QED) is 0.883. The highest BCUT2D eigenvalue weighted by Crippen LogP contribution is 2.11. The predicted octanol–water partition coefficient (Wildman–Crippen LogP) is 0.926. The lowest BCUT2D eigenvalue weighted by Gasteiger charge is -2.29. The molecule has 0 atom stereocenters. The summed E-state index contributed by atoms with van der Waals surface area (Å²) in [6.45, 7) is 4.70. The summed E-state index contributed by atoms with van der Waals surface area (Å²) < 4.78 is 1.59. The van der Waals surface area contributed by atoms with Gasteiger partial charge in [0.15, 0.2) is 0 Å². The van der Waals surface area contributed by atoms with Gasteiger partial charge in [-0.3, -0.25) is 14.1 Å². The first-order chi connectivity index (χ1) is 9.61. The molecular weight excluding hydrogens is 252 g/mol. The first kappa shape index (κ1) is 13.3. The molecule has 0 bridgehead atoms. The van der Waals surface area contributed by atoms with E-state index >= 15 is 0 Å². The topological polar surface area (TPSA) is 63.6 Å². The third-order valence-electron chi connectivity index (χ3n) is 3.89. The van der Waals surface area contributed by atoms with Crippen molar-refractivity contribution in [2.75, 3.05) is 13.1 Å². The Morgan fingerprint density at radius 2 is 2.10 bits per heavy atom. The van der Waals surface area contributed by atoms with Crippen LogP contribution < -0.4 is 11.3 Å². The van der Waals surface area contributed by atoms with E-state index in [1.165, 1.54) is 0 Å². The van der Waals surface area contributed by atoms with Crippen LogP contribution in [0.2, 0.25) is 0 Å². The van der Waals surface area contributed by atoms with Gasteiger partial charge in [-0.15, -0.1) is 0 Å². The number of aromatic nitrogens is 2. The second-order valence-corrected chi connectivity index (χ2v) is 5.63. The number of hydrogen-bond acceptors (Lipinski definition) is 4. The van der Waals surface area contributed by atoms with Gasteiger partial charge in [-0.05, 0) is 37.5 Å². The van der Waals surface area contributed by atoms with Crippen molar-refractivity contribution in [3.05, 3.63) is 46.0 Å². The van der Waals surface area contributed by atoms with Crippen LogP contribution in [-0.4, -0.2) is 33.4 Å². The maximum atomic E-state index is 12.1. The van der Waals surface area contributed by atoms with Crippen LogP contribution in [0.3, 0.4) is 0 Å². The second-order valence-electron chi connectivity index (χ2n) is 5.63. The average molecular weight is 272 g/mol. The minimum Gasteiger partial charge on any atom is -0.328 e. The molecule has 5 heteroatoms. The minimum absolute atomic E-state index is 0.0151.